The molecule has 4 nitrogen and oxygen atoms in total. The molecule has 0 aliphatic rings. The van der Waals surface area contributed by atoms with Crippen molar-refractivity contribution in [2.75, 3.05) is 0 Å². The molecule has 0 fully saturated rings. The summed E-state index contributed by atoms with van der Waals surface area (Å²) >= 11 is 0. The third-order valence-corrected chi connectivity index (χ3v) is 3.33. The summed E-state index contributed by atoms with van der Waals surface area (Å²) in [5.74, 6) is -0.842. The number of carbonyl (C=O) groups is 1. The van der Waals surface area contributed by atoms with Crippen molar-refractivity contribution in [3.63, 3.8) is 0 Å². The third kappa shape index (κ3) is 3.17. The van der Waals surface area contributed by atoms with Crippen molar-refractivity contribution in [3.05, 3.63) is 72.3 Å². The molecule has 108 valence electrons. The molecule has 0 aromatic heterocycles. The minimum Gasteiger partial charge on any atom is -0.481 e. The van der Waals surface area contributed by atoms with Gasteiger partial charge in [-0.3, -0.25) is 4.79 Å². The Hall–Kier alpha value is -3.01. The van der Waals surface area contributed by atoms with Crippen LogP contribution in [0.15, 0.2) is 77.0 Å². The van der Waals surface area contributed by atoms with Crippen molar-refractivity contribution in [3.8, 4) is 0 Å². The van der Waals surface area contributed by atoms with Gasteiger partial charge in [-0.1, -0.05) is 48.5 Å². The molecule has 0 spiro atoms. The molecule has 3 aromatic rings. The fourth-order valence-electron chi connectivity index (χ4n) is 2.26. The van der Waals surface area contributed by atoms with Crippen molar-refractivity contribution in [2.45, 2.75) is 6.42 Å². The molecule has 0 atom stereocenters. The molecule has 0 unspecified atom stereocenters. The lowest BCUT2D eigenvalue weighted by Crippen LogP contribution is -1.98. The number of rotatable bonds is 4. The van der Waals surface area contributed by atoms with E-state index in [4.69, 9.17) is 5.11 Å². The van der Waals surface area contributed by atoms with E-state index in [0.29, 0.717) is 5.69 Å². The summed E-state index contributed by atoms with van der Waals surface area (Å²) in [6.07, 6.45) is 0.0146. The second-order valence-electron chi connectivity index (χ2n) is 4.94. The van der Waals surface area contributed by atoms with Crippen LogP contribution in [0.1, 0.15) is 5.56 Å². The fraction of sp³-hybridized carbons (Fsp3) is 0.0556. The molecule has 0 aliphatic carbocycles. The van der Waals surface area contributed by atoms with Crippen molar-refractivity contribution >= 4 is 28.1 Å². The maximum absolute atomic E-state index is 10.6. The molecule has 3 rings (SSSR count). The number of azo groups is 1. The second-order valence-corrected chi connectivity index (χ2v) is 4.94. The van der Waals surface area contributed by atoms with E-state index in [1.54, 1.807) is 24.3 Å². The summed E-state index contributed by atoms with van der Waals surface area (Å²) in [6, 6.07) is 21.0. The van der Waals surface area contributed by atoms with Gasteiger partial charge >= 0.3 is 5.97 Å². The van der Waals surface area contributed by atoms with Gasteiger partial charge in [-0.05, 0) is 29.1 Å². The summed E-state index contributed by atoms with van der Waals surface area (Å²) in [4.78, 5) is 10.6. The lowest BCUT2D eigenvalue weighted by atomic mass is 10.1. The van der Waals surface area contributed by atoms with E-state index in [-0.39, 0.29) is 6.42 Å². The van der Waals surface area contributed by atoms with E-state index >= 15 is 0 Å². The van der Waals surface area contributed by atoms with Crippen LogP contribution in [0.2, 0.25) is 0 Å². The molecule has 0 aliphatic heterocycles. The lowest BCUT2D eigenvalue weighted by molar-refractivity contribution is -0.136. The highest BCUT2D eigenvalue weighted by Gasteiger charge is 2.01. The van der Waals surface area contributed by atoms with Gasteiger partial charge in [0.15, 0.2) is 0 Å². The first-order chi connectivity index (χ1) is 10.7. The Kier molecular flexibility index (Phi) is 3.92. The lowest BCUT2D eigenvalue weighted by Gasteiger charge is -2.01. The molecule has 0 saturated heterocycles. The quantitative estimate of drug-likeness (QED) is 0.696. The molecular formula is C18H14N2O2. The molecule has 3 aromatic carbocycles. The number of aliphatic carboxylic acids is 1. The smallest absolute Gasteiger partial charge is 0.307 e. The maximum atomic E-state index is 10.6. The predicted molar refractivity (Wildman–Crippen MR) is 85.9 cm³/mol. The SMILES string of the molecule is O=C(O)Cc1ccc(N=Nc2cccc3ccccc23)cc1. The summed E-state index contributed by atoms with van der Waals surface area (Å²) in [5.41, 5.74) is 2.26. The van der Waals surface area contributed by atoms with Gasteiger partial charge in [0.25, 0.3) is 0 Å². The number of hydrogen-bond donors (Lipinski definition) is 1. The number of carboxylic acid groups (broad SMARTS) is 1. The van der Waals surface area contributed by atoms with Gasteiger partial charge < -0.3 is 5.11 Å². The minimum atomic E-state index is -0.842. The number of benzene rings is 3. The van der Waals surface area contributed by atoms with Crippen LogP contribution in [0.3, 0.4) is 0 Å². The Labute approximate surface area is 127 Å². The largest absolute Gasteiger partial charge is 0.481 e. The molecule has 0 bridgehead atoms. The Morgan fingerprint density at radius 2 is 1.59 bits per heavy atom. The Balaban J connectivity index is 1.85. The zero-order chi connectivity index (χ0) is 15.4. The number of carboxylic acids is 1. The maximum Gasteiger partial charge on any atom is 0.307 e. The van der Waals surface area contributed by atoms with Gasteiger partial charge in [0.05, 0.1) is 17.8 Å². The number of hydrogen-bond acceptors (Lipinski definition) is 3. The highest BCUT2D eigenvalue weighted by Crippen LogP contribution is 2.27. The van der Waals surface area contributed by atoms with Crippen molar-refractivity contribution in [1.29, 1.82) is 0 Å². The molecule has 0 saturated carbocycles. The second kappa shape index (κ2) is 6.18. The van der Waals surface area contributed by atoms with Crippen LogP contribution in [0.5, 0.6) is 0 Å². The van der Waals surface area contributed by atoms with Crippen molar-refractivity contribution in [1.82, 2.24) is 0 Å². The van der Waals surface area contributed by atoms with Gasteiger partial charge in [-0.25, -0.2) is 0 Å². The van der Waals surface area contributed by atoms with Gasteiger partial charge in [0.1, 0.15) is 0 Å². The van der Waals surface area contributed by atoms with Crippen molar-refractivity contribution in [2.24, 2.45) is 10.2 Å². The Morgan fingerprint density at radius 1 is 0.864 bits per heavy atom. The molecule has 0 radical (unpaired) electrons. The van der Waals surface area contributed by atoms with Crippen LogP contribution >= 0.6 is 0 Å². The fourth-order valence-corrected chi connectivity index (χ4v) is 2.26. The van der Waals surface area contributed by atoms with Crippen LogP contribution in [-0.2, 0) is 11.2 Å². The summed E-state index contributed by atoms with van der Waals surface area (Å²) in [6.45, 7) is 0. The van der Waals surface area contributed by atoms with E-state index in [2.05, 4.69) is 10.2 Å². The first-order valence-corrected chi connectivity index (χ1v) is 6.92. The van der Waals surface area contributed by atoms with E-state index in [0.717, 1.165) is 22.0 Å². The zero-order valence-corrected chi connectivity index (χ0v) is 11.8. The molecule has 0 amide bonds. The minimum absolute atomic E-state index is 0.0146. The third-order valence-electron chi connectivity index (χ3n) is 3.33. The van der Waals surface area contributed by atoms with Gasteiger partial charge in [0.2, 0.25) is 0 Å². The molecule has 1 N–H and O–H groups in total. The summed E-state index contributed by atoms with van der Waals surface area (Å²) in [5, 5.41) is 19.4. The Morgan fingerprint density at radius 3 is 2.36 bits per heavy atom. The van der Waals surface area contributed by atoms with Gasteiger partial charge in [-0.15, -0.1) is 5.11 Å². The van der Waals surface area contributed by atoms with Gasteiger partial charge in [-0.2, -0.15) is 5.11 Å². The summed E-state index contributed by atoms with van der Waals surface area (Å²) < 4.78 is 0. The number of fused-ring (bicyclic) bond motifs is 1. The molecular weight excluding hydrogens is 276 g/mol. The Bertz CT molecular complexity index is 834. The number of nitrogens with zero attached hydrogens (tertiary/aromatic N) is 2. The van der Waals surface area contributed by atoms with Gasteiger partial charge in [0, 0.05) is 5.39 Å². The average Bonchev–Trinajstić information content (AvgIpc) is 2.54. The van der Waals surface area contributed by atoms with E-state index < -0.39 is 5.97 Å². The first-order valence-electron chi connectivity index (χ1n) is 6.92. The van der Waals surface area contributed by atoms with E-state index in [1.165, 1.54) is 0 Å². The highest BCUT2D eigenvalue weighted by atomic mass is 16.4. The monoisotopic (exact) mass is 290 g/mol. The van der Waals surface area contributed by atoms with Crippen molar-refractivity contribution < 1.29 is 9.90 Å². The molecule has 4 heteroatoms. The normalized spacial score (nSPS) is 11.1. The van der Waals surface area contributed by atoms with Crippen LogP contribution in [0.25, 0.3) is 10.8 Å². The molecule has 0 heterocycles. The first kappa shape index (κ1) is 13.9. The summed E-state index contributed by atoms with van der Waals surface area (Å²) in [7, 11) is 0. The average molecular weight is 290 g/mol. The molecule has 22 heavy (non-hydrogen) atoms. The zero-order valence-electron chi connectivity index (χ0n) is 11.8. The van der Waals surface area contributed by atoms with Crippen LogP contribution in [0.4, 0.5) is 11.4 Å². The van der Waals surface area contributed by atoms with E-state index in [9.17, 15) is 4.79 Å². The van der Waals surface area contributed by atoms with E-state index in [1.807, 2.05) is 42.5 Å². The highest BCUT2D eigenvalue weighted by molar-refractivity contribution is 5.92. The van der Waals surface area contributed by atoms with Crippen LogP contribution < -0.4 is 0 Å². The van der Waals surface area contributed by atoms with Crippen LogP contribution in [0, 0.1) is 0 Å². The van der Waals surface area contributed by atoms with Crippen LogP contribution in [-0.4, -0.2) is 11.1 Å². The predicted octanol–water partition coefficient (Wildman–Crippen LogP) is 4.88. The standard InChI is InChI=1S/C18H14N2O2/c21-18(22)12-13-8-10-15(11-9-13)19-20-17-7-3-5-14-4-1-2-6-16(14)17/h1-11H,12H2,(H,21,22). The topological polar surface area (TPSA) is 62.0 Å².